The van der Waals surface area contributed by atoms with Gasteiger partial charge in [-0.3, -0.25) is 4.79 Å². The Labute approximate surface area is 146 Å². The molecule has 1 aromatic heterocycles. The number of nitrogens with two attached hydrogens (primary N) is 1. The maximum Gasteiger partial charge on any atom is 0.252 e. The average molecular weight is 345 g/mol. The molecule has 1 aliphatic rings. The standard InChI is InChI=1S/C18H23N3O4/c1-11(22)10-21-6-3-13(4-7-21)25-18-14-9-16(23)15(17(19)24)8-12(14)2-5-20-18/h2,5,8-9,11,13,22-23H,3-4,6-7,10H2,1H3,(H2,19,24). The first-order valence-electron chi connectivity index (χ1n) is 8.42. The van der Waals surface area contributed by atoms with Gasteiger partial charge in [-0.2, -0.15) is 0 Å². The number of aromatic nitrogens is 1. The van der Waals surface area contributed by atoms with Crippen molar-refractivity contribution in [1.29, 1.82) is 0 Å². The number of benzene rings is 1. The maximum absolute atomic E-state index is 11.4. The lowest BCUT2D eigenvalue weighted by molar-refractivity contribution is 0.0660. The number of aliphatic hydroxyl groups excluding tert-OH is 1. The number of carbonyl (C=O) groups is 1. The summed E-state index contributed by atoms with van der Waals surface area (Å²) in [6.45, 7) is 4.17. The number of aliphatic hydroxyl groups is 1. The van der Waals surface area contributed by atoms with Gasteiger partial charge in [-0.1, -0.05) is 0 Å². The van der Waals surface area contributed by atoms with E-state index < -0.39 is 5.91 Å². The topological polar surface area (TPSA) is 109 Å². The van der Waals surface area contributed by atoms with Crippen LogP contribution in [0.2, 0.25) is 0 Å². The van der Waals surface area contributed by atoms with Crippen molar-refractivity contribution in [2.45, 2.75) is 32.0 Å². The molecule has 2 heterocycles. The molecule has 7 heteroatoms. The van der Waals surface area contributed by atoms with Crippen molar-refractivity contribution in [3.63, 3.8) is 0 Å². The zero-order valence-electron chi connectivity index (χ0n) is 14.2. The van der Waals surface area contributed by atoms with Gasteiger partial charge in [0.1, 0.15) is 11.9 Å². The van der Waals surface area contributed by atoms with Gasteiger partial charge in [-0.05, 0) is 43.4 Å². The molecule has 3 rings (SSSR count). The van der Waals surface area contributed by atoms with Gasteiger partial charge in [-0.15, -0.1) is 0 Å². The highest BCUT2D eigenvalue weighted by atomic mass is 16.5. The Morgan fingerprint density at radius 1 is 1.44 bits per heavy atom. The quantitative estimate of drug-likeness (QED) is 0.753. The van der Waals surface area contributed by atoms with Crippen LogP contribution >= 0.6 is 0 Å². The lowest BCUT2D eigenvalue weighted by Crippen LogP contribution is -2.41. The molecule has 134 valence electrons. The highest BCUT2D eigenvalue weighted by Crippen LogP contribution is 2.31. The fourth-order valence-corrected chi connectivity index (χ4v) is 3.22. The van der Waals surface area contributed by atoms with Crippen molar-refractivity contribution in [1.82, 2.24) is 9.88 Å². The van der Waals surface area contributed by atoms with Gasteiger partial charge in [0.15, 0.2) is 0 Å². The summed E-state index contributed by atoms with van der Waals surface area (Å²) in [5.41, 5.74) is 5.35. The monoisotopic (exact) mass is 345 g/mol. The largest absolute Gasteiger partial charge is 0.507 e. The van der Waals surface area contributed by atoms with Crippen molar-refractivity contribution < 1.29 is 19.7 Å². The Bertz CT molecular complexity index is 770. The Morgan fingerprint density at radius 3 is 2.80 bits per heavy atom. The van der Waals surface area contributed by atoms with Crippen molar-refractivity contribution in [3.05, 3.63) is 30.0 Å². The van der Waals surface area contributed by atoms with Crippen LogP contribution in [0.4, 0.5) is 0 Å². The summed E-state index contributed by atoms with van der Waals surface area (Å²) >= 11 is 0. The van der Waals surface area contributed by atoms with Gasteiger partial charge in [0.05, 0.1) is 11.7 Å². The van der Waals surface area contributed by atoms with E-state index in [1.54, 1.807) is 25.3 Å². The number of β-amino-alcohol motifs (C(OH)–C–C–N with tert-alkyl or cyclic N) is 1. The Kier molecular flexibility index (Phi) is 5.06. The Morgan fingerprint density at radius 2 is 2.16 bits per heavy atom. The molecule has 1 unspecified atom stereocenters. The highest BCUT2D eigenvalue weighted by molar-refractivity contribution is 6.01. The second kappa shape index (κ2) is 7.25. The summed E-state index contributed by atoms with van der Waals surface area (Å²) in [4.78, 5) is 17.9. The average Bonchev–Trinajstić information content (AvgIpc) is 2.56. The van der Waals surface area contributed by atoms with Crippen LogP contribution in [-0.2, 0) is 0 Å². The van der Waals surface area contributed by atoms with Gasteiger partial charge in [0, 0.05) is 31.2 Å². The molecule has 7 nitrogen and oxygen atoms in total. The molecule has 0 bridgehead atoms. The summed E-state index contributed by atoms with van der Waals surface area (Å²) in [6.07, 6.45) is 3.00. The number of carbonyl (C=O) groups excluding carboxylic acids is 1. The molecule has 1 aliphatic heterocycles. The van der Waals surface area contributed by atoms with Gasteiger partial charge in [0.2, 0.25) is 5.88 Å². The molecule has 0 saturated carbocycles. The van der Waals surface area contributed by atoms with Crippen molar-refractivity contribution >= 4 is 16.7 Å². The van der Waals surface area contributed by atoms with E-state index in [0.717, 1.165) is 31.3 Å². The number of fused-ring (bicyclic) bond motifs is 1. The zero-order chi connectivity index (χ0) is 18.0. The fourth-order valence-electron chi connectivity index (χ4n) is 3.22. The zero-order valence-corrected chi connectivity index (χ0v) is 14.2. The third kappa shape index (κ3) is 4.00. The van der Waals surface area contributed by atoms with Crippen LogP contribution in [0.3, 0.4) is 0 Å². The van der Waals surface area contributed by atoms with E-state index in [1.807, 2.05) is 0 Å². The minimum atomic E-state index is -0.677. The van der Waals surface area contributed by atoms with Crippen LogP contribution in [0.5, 0.6) is 11.6 Å². The summed E-state index contributed by atoms with van der Waals surface area (Å²) in [7, 11) is 0. The molecule has 0 radical (unpaired) electrons. The molecular weight excluding hydrogens is 322 g/mol. The van der Waals surface area contributed by atoms with Crippen LogP contribution in [0.1, 0.15) is 30.1 Å². The van der Waals surface area contributed by atoms with Crippen molar-refractivity contribution in [2.24, 2.45) is 5.73 Å². The minimum absolute atomic E-state index is 0.0290. The number of piperidine rings is 1. The third-order valence-electron chi connectivity index (χ3n) is 4.44. The molecule has 4 N–H and O–H groups in total. The number of hydrogen-bond acceptors (Lipinski definition) is 6. The van der Waals surface area contributed by atoms with Crippen LogP contribution in [0, 0.1) is 0 Å². The first-order chi connectivity index (χ1) is 11.9. The number of ether oxygens (including phenoxy) is 1. The van der Waals surface area contributed by atoms with Crippen LogP contribution in [0.15, 0.2) is 24.4 Å². The smallest absolute Gasteiger partial charge is 0.252 e. The first kappa shape index (κ1) is 17.4. The minimum Gasteiger partial charge on any atom is -0.507 e. The number of likely N-dealkylation sites (tertiary alicyclic amines) is 1. The second-order valence-electron chi connectivity index (χ2n) is 6.54. The number of rotatable bonds is 5. The molecular formula is C18H23N3O4. The molecule has 1 fully saturated rings. The Balaban J connectivity index is 1.76. The maximum atomic E-state index is 11.4. The van der Waals surface area contributed by atoms with E-state index in [-0.39, 0.29) is 23.5 Å². The normalized spacial score (nSPS) is 17.5. The van der Waals surface area contributed by atoms with Gasteiger partial charge >= 0.3 is 0 Å². The molecule has 1 atom stereocenters. The van der Waals surface area contributed by atoms with E-state index in [1.165, 1.54) is 6.07 Å². The number of amides is 1. The summed E-state index contributed by atoms with van der Waals surface area (Å²) < 4.78 is 6.05. The number of primary amides is 1. The SMILES string of the molecule is CC(O)CN1CCC(Oc2nccc3cc(C(N)=O)c(O)cc23)CC1. The van der Waals surface area contributed by atoms with E-state index in [0.29, 0.717) is 17.8 Å². The molecule has 0 aliphatic carbocycles. The van der Waals surface area contributed by atoms with Gasteiger partial charge in [0.25, 0.3) is 5.91 Å². The van der Waals surface area contributed by atoms with Gasteiger partial charge < -0.3 is 25.6 Å². The third-order valence-corrected chi connectivity index (χ3v) is 4.44. The van der Waals surface area contributed by atoms with E-state index >= 15 is 0 Å². The molecule has 1 amide bonds. The summed E-state index contributed by atoms with van der Waals surface area (Å²) in [5.74, 6) is -0.411. The number of phenols is 1. The van der Waals surface area contributed by atoms with Crippen LogP contribution in [0.25, 0.3) is 10.8 Å². The number of pyridine rings is 1. The number of hydrogen-bond donors (Lipinski definition) is 3. The molecule has 1 aromatic carbocycles. The van der Waals surface area contributed by atoms with Crippen LogP contribution in [-0.4, -0.2) is 57.8 Å². The number of nitrogens with zero attached hydrogens (tertiary/aromatic N) is 2. The van der Waals surface area contributed by atoms with E-state index in [4.69, 9.17) is 10.5 Å². The lowest BCUT2D eigenvalue weighted by atomic mass is 10.1. The molecule has 25 heavy (non-hydrogen) atoms. The lowest BCUT2D eigenvalue weighted by Gasteiger charge is -2.32. The van der Waals surface area contributed by atoms with Crippen molar-refractivity contribution in [3.8, 4) is 11.6 Å². The fraction of sp³-hybridized carbons (Fsp3) is 0.444. The molecule has 1 saturated heterocycles. The highest BCUT2D eigenvalue weighted by Gasteiger charge is 2.22. The predicted octanol–water partition coefficient (Wildman–Crippen LogP) is 1.26. The van der Waals surface area contributed by atoms with Crippen LogP contribution < -0.4 is 10.5 Å². The first-order valence-corrected chi connectivity index (χ1v) is 8.42. The summed E-state index contributed by atoms with van der Waals surface area (Å²) in [6, 6.07) is 4.77. The summed E-state index contributed by atoms with van der Waals surface area (Å²) in [5, 5.41) is 20.9. The molecule has 2 aromatic rings. The van der Waals surface area contributed by atoms with Gasteiger partial charge in [-0.25, -0.2) is 4.98 Å². The second-order valence-corrected chi connectivity index (χ2v) is 6.54. The molecule has 0 spiro atoms. The number of aromatic hydroxyl groups is 1. The van der Waals surface area contributed by atoms with Crippen molar-refractivity contribution in [2.75, 3.05) is 19.6 Å². The Hall–Kier alpha value is -2.38. The predicted molar refractivity (Wildman–Crippen MR) is 93.7 cm³/mol. The van der Waals surface area contributed by atoms with E-state index in [2.05, 4.69) is 9.88 Å². The van der Waals surface area contributed by atoms with E-state index in [9.17, 15) is 15.0 Å².